The summed E-state index contributed by atoms with van der Waals surface area (Å²) in [6.45, 7) is 3.37. The van der Waals surface area contributed by atoms with Crippen molar-refractivity contribution in [3.63, 3.8) is 0 Å². The van der Waals surface area contributed by atoms with Gasteiger partial charge in [0, 0.05) is 23.9 Å². The number of nitrogens with one attached hydrogen (secondary N) is 2. The lowest BCUT2D eigenvalue weighted by molar-refractivity contribution is 0.410. The minimum absolute atomic E-state index is 0.586. The van der Waals surface area contributed by atoms with Crippen LogP contribution in [0, 0.1) is 12.8 Å². The predicted octanol–water partition coefficient (Wildman–Crippen LogP) is 3.57. The number of anilines is 2. The predicted molar refractivity (Wildman–Crippen MR) is 104 cm³/mol. The molecule has 6 nitrogen and oxygen atoms in total. The fourth-order valence-corrected chi connectivity index (χ4v) is 3.09. The molecule has 0 bridgehead atoms. The highest BCUT2D eigenvalue weighted by molar-refractivity contribution is 6.05. The molecule has 1 aliphatic heterocycles. The van der Waals surface area contributed by atoms with Crippen molar-refractivity contribution in [2.45, 2.75) is 26.3 Å². The van der Waals surface area contributed by atoms with Gasteiger partial charge in [0.1, 0.15) is 17.4 Å². The van der Waals surface area contributed by atoms with E-state index < -0.39 is 0 Å². The molecule has 2 heterocycles. The number of aliphatic imine (C=N–C) groups is 1. The zero-order valence-corrected chi connectivity index (χ0v) is 15.1. The number of hydrogen-bond acceptors (Lipinski definition) is 6. The van der Waals surface area contributed by atoms with Gasteiger partial charge >= 0.3 is 0 Å². The van der Waals surface area contributed by atoms with E-state index in [1.807, 2.05) is 37.3 Å². The van der Waals surface area contributed by atoms with E-state index in [-0.39, 0.29) is 0 Å². The van der Waals surface area contributed by atoms with Crippen molar-refractivity contribution in [1.82, 2.24) is 9.97 Å². The Labute approximate surface area is 153 Å². The van der Waals surface area contributed by atoms with Crippen molar-refractivity contribution >= 4 is 17.6 Å². The smallest absolute Gasteiger partial charge is 0.225 e. The fourth-order valence-electron chi connectivity index (χ4n) is 3.09. The Hall–Kier alpha value is -2.89. The molecule has 1 aromatic carbocycles. The minimum atomic E-state index is 0.586. The van der Waals surface area contributed by atoms with E-state index in [0.717, 1.165) is 41.1 Å². The lowest BCUT2D eigenvalue weighted by atomic mass is 10.2. The zero-order chi connectivity index (χ0) is 17.9. The van der Waals surface area contributed by atoms with Gasteiger partial charge in [-0.05, 0) is 43.4 Å². The quantitative estimate of drug-likeness (QED) is 0.834. The Kier molecular flexibility index (Phi) is 4.56. The van der Waals surface area contributed by atoms with Gasteiger partial charge in [0.05, 0.1) is 13.7 Å². The minimum Gasteiger partial charge on any atom is -0.496 e. The number of aryl methyl sites for hydroxylation is 1. The van der Waals surface area contributed by atoms with Crippen LogP contribution in [-0.4, -0.2) is 29.5 Å². The first-order chi connectivity index (χ1) is 12.7. The van der Waals surface area contributed by atoms with Crippen LogP contribution < -0.4 is 15.4 Å². The molecular weight excluding hydrogens is 326 g/mol. The molecule has 4 rings (SSSR count). The van der Waals surface area contributed by atoms with Gasteiger partial charge in [0.15, 0.2) is 0 Å². The topological polar surface area (TPSA) is 71.4 Å². The summed E-state index contributed by atoms with van der Waals surface area (Å²) < 4.78 is 5.39. The number of benzene rings is 1. The maximum absolute atomic E-state index is 5.39. The summed E-state index contributed by atoms with van der Waals surface area (Å²) in [6.07, 6.45) is 4.77. The third-order valence-electron chi connectivity index (χ3n) is 4.60. The second-order valence-electron chi connectivity index (χ2n) is 6.70. The number of nitrogens with zero attached hydrogens (tertiary/aromatic N) is 3. The highest BCUT2D eigenvalue weighted by Crippen LogP contribution is 2.37. The average molecular weight is 349 g/mol. The molecule has 0 amide bonds. The van der Waals surface area contributed by atoms with Crippen molar-refractivity contribution in [1.29, 1.82) is 0 Å². The van der Waals surface area contributed by atoms with Crippen molar-refractivity contribution in [3.05, 3.63) is 53.2 Å². The summed E-state index contributed by atoms with van der Waals surface area (Å²) >= 11 is 0. The molecule has 0 atom stereocenters. The molecule has 1 saturated carbocycles. The van der Waals surface area contributed by atoms with Crippen LogP contribution in [0.3, 0.4) is 0 Å². The van der Waals surface area contributed by atoms with E-state index in [0.29, 0.717) is 12.5 Å². The molecule has 1 aliphatic carbocycles. The molecule has 2 aliphatic rings. The molecule has 6 heteroatoms. The molecule has 0 saturated heterocycles. The zero-order valence-electron chi connectivity index (χ0n) is 15.1. The summed E-state index contributed by atoms with van der Waals surface area (Å²) in [5.41, 5.74) is 3.40. The first-order valence-electron chi connectivity index (χ1n) is 8.94. The first kappa shape index (κ1) is 16.6. The standard InChI is InChI=1S/C20H23N5O/c1-13-9-19(24-18-10-16(12-21-18)14-7-8-14)25-20(23-13)22-11-15-5-3-4-6-17(15)26-2/h3-6,9-10,14H,7-8,11-12H2,1-2H3,(H2,21,22,23,24,25). The fraction of sp³-hybridized carbons (Fsp3) is 0.350. The normalized spacial score (nSPS) is 16.1. The number of aromatic nitrogens is 2. The second kappa shape index (κ2) is 7.15. The molecule has 0 unspecified atom stereocenters. The molecule has 26 heavy (non-hydrogen) atoms. The Morgan fingerprint density at radius 2 is 2.04 bits per heavy atom. The monoisotopic (exact) mass is 349 g/mol. The maximum Gasteiger partial charge on any atom is 0.225 e. The van der Waals surface area contributed by atoms with Crippen LogP contribution in [0.1, 0.15) is 24.1 Å². The summed E-state index contributed by atoms with van der Waals surface area (Å²) in [5, 5.41) is 6.59. The summed E-state index contributed by atoms with van der Waals surface area (Å²) in [7, 11) is 1.68. The highest BCUT2D eigenvalue weighted by Gasteiger charge is 2.27. The number of para-hydroxylation sites is 1. The Balaban J connectivity index is 1.44. The van der Waals surface area contributed by atoms with Crippen molar-refractivity contribution in [3.8, 4) is 5.75 Å². The number of amidine groups is 1. The van der Waals surface area contributed by atoms with Crippen molar-refractivity contribution in [2.24, 2.45) is 10.9 Å². The van der Waals surface area contributed by atoms with Crippen LogP contribution >= 0.6 is 0 Å². The van der Waals surface area contributed by atoms with E-state index in [1.165, 1.54) is 18.4 Å². The van der Waals surface area contributed by atoms with Crippen molar-refractivity contribution in [2.75, 3.05) is 24.3 Å². The molecule has 1 fully saturated rings. The lowest BCUT2D eigenvalue weighted by Gasteiger charge is -2.11. The lowest BCUT2D eigenvalue weighted by Crippen LogP contribution is -2.12. The van der Waals surface area contributed by atoms with Crippen LogP contribution in [-0.2, 0) is 6.54 Å². The molecule has 2 aromatic rings. The first-order valence-corrected chi connectivity index (χ1v) is 8.94. The van der Waals surface area contributed by atoms with E-state index in [4.69, 9.17) is 4.74 Å². The number of methoxy groups -OCH3 is 1. The van der Waals surface area contributed by atoms with E-state index >= 15 is 0 Å². The summed E-state index contributed by atoms with van der Waals surface area (Å²) in [6, 6.07) is 9.85. The largest absolute Gasteiger partial charge is 0.496 e. The molecule has 0 radical (unpaired) electrons. The van der Waals surface area contributed by atoms with Crippen LogP contribution in [0.5, 0.6) is 5.75 Å². The van der Waals surface area contributed by atoms with Crippen LogP contribution in [0.2, 0.25) is 0 Å². The van der Waals surface area contributed by atoms with Crippen LogP contribution in [0.4, 0.5) is 11.8 Å². The Morgan fingerprint density at radius 1 is 1.19 bits per heavy atom. The van der Waals surface area contributed by atoms with E-state index in [1.54, 1.807) is 7.11 Å². The maximum atomic E-state index is 5.39. The highest BCUT2D eigenvalue weighted by atomic mass is 16.5. The van der Waals surface area contributed by atoms with Crippen LogP contribution in [0.25, 0.3) is 0 Å². The molecule has 134 valence electrons. The SMILES string of the molecule is COc1ccccc1CNc1nc(C)cc(NC2=NCC(C3CC3)=C2)n1. The van der Waals surface area contributed by atoms with Gasteiger partial charge in [-0.1, -0.05) is 18.2 Å². The molecule has 1 aromatic heterocycles. The van der Waals surface area contributed by atoms with Crippen LogP contribution in [0.15, 0.2) is 47.0 Å². The Bertz CT molecular complexity index is 870. The Morgan fingerprint density at radius 3 is 2.85 bits per heavy atom. The van der Waals surface area contributed by atoms with Gasteiger partial charge in [-0.2, -0.15) is 4.98 Å². The van der Waals surface area contributed by atoms with E-state index in [2.05, 4.69) is 31.7 Å². The summed E-state index contributed by atoms with van der Waals surface area (Å²) in [5.74, 6) is 3.84. The van der Waals surface area contributed by atoms with Gasteiger partial charge in [-0.15, -0.1) is 0 Å². The van der Waals surface area contributed by atoms with Gasteiger partial charge in [0.25, 0.3) is 0 Å². The van der Waals surface area contributed by atoms with Gasteiger partial charge in [-0.25, -0.2) is 4.98 Å². The van der Waals surface area contributed by atoms with Gasteiger partial charge in [0.2, 0.25) is 5.95 Å². The number of ether oxygens (including phenoxy) is 1. The van der Waals surface area contributed by atoms with E-state index in [9.17, 15) is 0 Å². The van der Waals surface area contributed by atoms with Gasteiger partial charge < -0.3 is 15.4 Å². The summed E-state index contributed by atoms with van der Waals surface area (Å²) in [4.78, 5) is 13.6. The molecule has 2 N–H and O–H groups in total. The third kappa shape index (κ3) is 3.85. The van der Waals surface area contributed by atoms with Gasteiger partial charge in [-0.3, -0.25) is 4.99 Å². The number of rotatable bonds is 6. The third-order valence-corrected chi connectivity index (χ3v) is 4.60. The molecule has 0 spiro atoms. The van der Waals surface area contributed by atoms with Crippen molar-refractivity contribution < 1.29 is 4.74 Å². The second-order valence-corrected chi connectivity index (χ2v) is 6.70. The molecular formula is C20H23N5O. The number of hydrogen-bond donors (Lipinski definition) is 2. The average Bonchev–Trinajstić information content (AvgIpc) is 3.39.